The van der Waals surface area contributed by atoms with E-state index in [0.29, 0.717) is 14.9 Å². The van der Waals surface area contributed by atoms with Crippen molar-refractivity contribution in [1.29, 1.82) is 0 Å². The van der Waals surface area contributed by atoms with Gasteiger partial charge in [0.1, 0.15) is 5.84 Å². The summed E-state index contributed by atoms with van der Waals surface area (Å²) < 4.78 is 1.04. The predicted molar refractivity (Wildman–Crippen MR) is 46.6 cm³/mol. The largest absolute Gasteiger partial charge is 0.392 e. The van der Waals surface area contributed by atoms with Crippen molar-refractivity contribution < 1.29 is 0 Å². The van der Waals surface area contributed by atoms with E-state index in [0.717, 1.165) is 0 Å². The number of nitrogens with zero attached hydrogens (tertiary/aromatic N) is 1. The lowest BCUT2D eigenvalue weighted by Crippen LogP contribution is -2.13. The predicted octanol–water partition coefficient (Wildman–Crippen LogP) is 0.891. The van der Waals surface area contributed by atoms with Gasteiger partial charge in [-0.3, -0.25) is 4.99 Å². The summed E-state index contributed by atoms with van der Waals surface area (Å²) in [6.07, 6.45) is 0. The fourth-order valence-electron chi connectivity index (χ4n) is 0.221. The third kappa shape index (κ3) is 2.86. The molecule has 0 unspecified atom stereocenters. The molecular weight excluding hydrogens is 250 g/mol. The highest BCUT2D eigenvalue weighted by atomic mass is 79.9. The second-order valence-corrected chi connectivity index (χ2v) is 2.92. The molecule has 0 aromatic heterocycles. The zero-order valence-corrected chi connectivity index (χ0v) is 8.03. The summed E-state index contributed by atoms with van der Waals surface area (Å²) >= 11 is 6.15. The molecule has 0 heterocycles. The molecule has 0 aliphatic rings. The normalized spacial score (nSPS) is 15.2. The van der Waals surface area contributed by atoms with E-state index in [-0.39, 0.29) is 0 Å². The van der Waals surface area contributed by atoms with Gasteiger partial charge in [-0.25, -0.2) is 0 Å². The molecule has 0 aliphatic heterocycles. The Morgan fingerprint density at radius 3 is 1.89 bits per heavy atom. The first-order valence-electron chi connectivity index (χ1n) is 2.13. The Kier molecular flexibility index (Phi) is 3.88. The lowest BCUT2D eigenvalue weighted by Gasteiger charge is -1.96. The highest BCUT2D eigenvalue weighted by Gasteiger charge is 1.98. The molecule has 0 aromatic rings. The van der Waals surface area contributed by atoms with Gasteiger partial charge in [0.25, 0.3) is 0 Å². The maximum atomic E-state index is 5.35. The Morgan fingerprint density at radius 2 is 1.78 bits per heavy atom. The lowest BCUT2D eigenvalue weighted by atomic mass is 10.6. The van der Waals surface area contributed by atoms with Crippen LogP contribution in [0.1, 0.15) is 0 Å². The number of amidine groups is 1. The molecule has 5 heteroatoms. The Hall–Kier alpha value is -0.0300. The minimum Gasteiger partial charge on any atom is -0.392 e. The summed E-state index contributed by atoms with van der Waals surface area (Å²) in [5.74, 6) is 0.379. The maximum Gasteiger partial charge on any atom is 0.135 e. The van der Waals surface area contributed by atoms with Gasteiger partial charge in [0.05, 0.1) is 9.09 Å². The van der Waals surface area contributed by atoms with E-state index in [4.69, 9.17) is 11.5 Å². The van der Waals surface area contributed by atoms with Crippen molar-refractivity contribution in [3.8, 4) is 0 Å². The van der Waals surface area contributed by atoms with E-state index in [1.54, 1.807) is 7.05 Å². The number of hydrogen-bond donors (Lipinski definition) is 2. The molecule has 4 N–H and O–H groups in total. The number of aliphatic imine (C=N–C) groups is 1. The van der Waals surface area contributed by atoms with Gasteiger partial charge in [-0.2, -0.15) is 0 Å². The van der Waals surface area contributed by atoms with Crippen molar-refractivity contribution in [2.24, 2.45) is 16.5 Å². The molecule has 0 saturated carbocycles. The SMILES string of the molecule is CN=C(N)C(Br)=C(N)Br. The molecule has 0 spiro atoms. The van der Waals surface area contributed by atoms with Gasteiger partial charge in [0.2, 0.25) is 0 Å². The average Bonchev–Trinajstić information content (AvgIpc) is 1.84. The van der Waals surface area contributed by atoms with Gasteiger partial charge in [-0.05, 0) is 31.9 Å². The molecule has 0 aliphatic carbocycles. The van der Waals surface area contributed by atoms with Crippen molar-refractivity contribution in [2.45, 2.75) is 0 Å². The Labute approximate surface area is 70.5 Å². The van der Waals surface area contributed by atoms with E-state index < -0.39 is 0 Å². The highest BCUT2D eigenvalue weighted by Crippen LogP contribution is 2.12. The van der Waals surface area contributed by atoms with Crippen LogP contribution >= 0.6 is 31.9 Å². The summed E-state index contributed by atoms with van der Waals surface area (Å²) in [4.78, 5) is 3.69. The van der Waals surface area contributed by atoms with E-state index in [2.05, 4.69) is 36.9 Å². The van der Waals surface area contributed by atoms with E-state index in [9.17, 15) is 0 Å². The van der Waals surface area contributed by atoms with Crippen LogP contribution in [0.25, 0.3) is 0 Å². The van der Waals surface area contributed by atoms with E-state index >= 15 is 0 Å². The summed E-state index contributed by atoms with van der Waals surface area (Å²) in [5, 5.41) is 0. The zero-order chi connectivity index (χ0) is 7.44. The van der Waals surface area contributed by atoms with E-state index in [1.165, 1.54) is 0 Å². The maximum absolute atomic E-state index is 5.35. The second kappa shape index (κ2) is 3.90. The average molecular weight is 257 g/mol. The van der Waals surface area contributed by atoms with Crippen LogP contribution in [0.3, 0.4) is 0 Å². The van der Waals surface area contributed by atoms with Crippen LogP contribution in [0.15, 0.2) is 14.1 Å². The van der Waals surface area contributed by atoms with Crippen LogP contribution in [0.4, 0.5) is 0 Å². The van der Waals surface area contributed by atoms with Crippen LogP contribution in [0.5, 0.6) is 0 Å². The van der Waals surface area contributed by atoms with Gasteiger partial charge in [0, 0.05) is 7.05 Å². The number of halogens is 2. The molecule has 0 saturated heterocycles. The molecule has 0 bridgehead atoms. The first-order valence-corrected chi connectivity index (χ1v) is 3.71. The summed E-state index contributed by atoms with van der Waals surface area (Å²) in [5.41, 5.74) is 10.7. The van der Waals surface area contributed by atoms with Crippen LogP contribution in [0.2, 0.25) is 0 Å². The van der Waals surface area contributed by atoms with Crippen molar-refractivity contribution in [1.82, 2.24) is 0 Å². The fourth-order valence-corrected chi connectivity index (χ4v) is 0.601. The Morgan fingerprint density at radius 1 is 1.33 bits per heavy atom. The van der Waals surface area contributed by atoms with Gasteiger partial charge in [-0.15, -0.1) is 0 Å². The first-order chi connectivity index (χ1) is 4.09. The van der Waals surface area contributed by atoms with Gasteiger partial charge < -0.3 is 11.5 Å². The van der Waals surface area contributed by atoms with Gasteiger partial charge in [0.15, 0.2) is 0 Å². The topological polar surface area (TPSA) is 64.4 Å². The Balaban J connectivity index is 4.40. The molecule has 0 aromatic carbocycles. The molecule has 0 atom stereocenters. The van der Waals surface area contributed by atoms with E-state index in [1.807, 2.05) is 0 Å². The highest BCUT2D eigenvalue weighted by molar-refractivity contribution is 9.14. The molecule has 52 valence electrons. The monoisotopic (exact) mass is 255 g/mol. The molecule has 0 fully saturated rings. The molecule has 0 radical (unpaired) electrons. The van der Waals surface area contributed by atoms with Gasteiger partial charge in [-0.1, -0.05) is 0 Å². The third-order valence-corrected chi connectivity index (χ3v) is 2.44. The molecule has 3 nitrogen and oxygen atoms in total. The minimum absolute atomic E-state index is 0.379. The smallest absolute Gasteiger partial charge is 0.135 e. The molecule has 0 rings (SSSR count). The molecular formula is C4H7Br2N3. The van der Waals surface area contributed by atoms with Crippen LogP contribution in [-0.4, -0.2) is 12.9 Å². The van der Waals surface area contributed by atoms with Crippen LogP contribution in [-0.2, 0) is 0 Å². The summed E-state index contributed by atoms with van der Waals surface area (Å²) in [7, 11) is 1.59. The van der Waals surface area contributed by atoms with Crippen LogP contribution in [0, 0.1) is 0 Å². The summed E-state index contributed by atoms with van der Waals surface area (Å²) in [6.45, 7) is 0. The van der Waals surface area contributed by atoms with Crippen molar-refractivity contribution in [3.63, 3.8) is 0 Å². The Bertz CT molecular complexity index is 157. The standard InChI is InChI=1S/C4H7Br2N3/c1-9-4(8)2(5)3(6)7/h7H2,1H3,(H2,8,9). The first kappa shape index (κ1) is 8.97. The second-order valence-electron chi connectivity index (χ2n) is 1.27. The van der Waals surface area contributed by atoms with Gasteiger partial charge >= 0.3 is 0 Å². The number of rotatable bonds is 1. The third-order valence-electron chi connectivity index (χ3n) is 0.675. The number of nitrogens with two attached hydrogens (primary N) is 2. The van der Waals surface area contributed by atoms with Crippen LogP contribution < -0.4 is 11.5 Å². The molecule has 0 amide bonds. The zero-order valence-electron chi connectivity index (χ0n) is 4.86. The lowest BCUT2D eigenvalue weighted by molar-refractivity contribution is 1.40. The number of hydrogen-bond acceptors (Lipinski definition) is 2. The minimum atomic E-state index is 0.379. The fraction of sp³-hybridized carbons (Fsp3) is 0.250. The van der Waals surface area contributed by atoms with Crippen molar-refractivity contribution in [3.05, 3.63) is 9.09 Å². The van der Waals surface area contributed by atoms with Crippen molar-refractivity contribution >= 4 is 37.7 Å². The summed E-state index contributed by atoms with van der Waals surface area (Å²) in [6, 6.07) is 0. The van der Waals surface area contributed by atoms with Crippen molar-refractivity contribution in [2.75, 3.05) is 7.05 Å². The quantitative estimate of drug-likeness (QED) is 0.416. The molecule has 9 heavy (non-hydrogen) atoms.